The van der Waals surface area contributed by atoms with Gasteiger partial charge in [-0.25, -0.2) is 0 Å². The molecule has 0 saturated heterocycles. The van der Waals surface area contributed by atoms with Gasteiger partial charge < -0.3 is 5.32 Å². The van der Waals surface area contributed by atoms with Crippen LogP contribution in [-0.4, -0.2) is 12.5 Å². The fourth-order valence-corrected chi connectivity index (χ4v) is 3.00. The molecule has 2 nitrogen and oxygen atoms in total. The zero-order valence-electron chi connectivity index (χ0n) is 8.46. The molecule has 2 rings (SSSR count). The summed E-state index contributed by atoms with van der Waals surface area (Å²) < 4.78 is 1.01. The molecule has 0 aliphatic heterocycles. The van der Waals surface area contributed by atoms with E-state index >= 15 is 0 Å². The summed E-state index contributed by atoms with van der Waals surface area (Å²) in [7, 11) is 0. The summed E-state index contributed by atoms with van der Waals surface area (Å²) in [5.74, 6) is 0.922. The van der Waals surface area contributed by atoms with Crippen LogP contribution in [-0.2, 0) is 0 Å². The van der Waals surface area contributed by atoms with Gasteiger partial charge in [-0.1, -0.05) is 19.3 Å². The van der Waals surface area contributed by atoms with Gasteiger partial charge in [0.15, 0.2) is 0 Å². The zero-order valence-corrected chi connectivity index (χ0v) is 10.9. The minimum Gasteiger partial charge on any atom is -0.351 e. The van der Waals surface area contributed by atoms with Crippen LogP contribution >= 0.6 is 27.3 Å². The van der Waals surface area contributed by atoms with E-state index in [1.54, 1.807) is 0 Å². The van der Waals surface area contributed by atoms with Crippen LogP contribution < -0.4 is 5.32 Å². The Bertz CT molecular complexity index is 346. The molecular formula is C11H14BrNOS. The van der Waals surface area contributed by atoms with Crippen LogP contribution in [0, 0.1) is 5.92 Å². The second-order valence-electron chi connectivity index (χ2n) is 3.95. The van der Waals surface area contributed by atoms with Crippen molar-refractivity contribution >= 4 is 33.2 Å². The Morgan fingerprint density at radius 1 is 1.53 bits per heavy atom. The zero-order chi connectivity index (χ0) is 10.7. The number of amides is 1. The third-order valence-electron chi connectivity index (χ3n) is 2.86. The minimum atomic E-state index is 0.0602. The Hall–Kier alpha value is -0.350. The number of rotatable bonds is 4. The van der Waals surface area contributed by atoms with Crippen molar-refractivity contribution in [3.05, 3.63) is 20.8 Å². The first-order valence-corrected chi connectivity index (χ1v) is 6.90. The maximum absolute atomic E-state index is 11.6. The first-order valence-electron chi connectivity index (χ1n) is 5.29. The molecule has 1 N–H and O–H groups in total. The van der Waals surface area contributed by atoms with Gasteiger partial charge in [-0.05, 0) is 40.4 Å². The molecule has 1 amide bonds. The average molecular weight is 288 g/mol. The molecule has 15 heavy (non-hydrogen) atoms. The number of hydrogen-bond acceptors (Lipinski definition) is 2. The highest BCUT2D eigenvalue weighted by Gasteiger charge is 2.17. The Kier molecular flexibility index (Phi) is 3.81. The molecule has 1 fully saturated rings. The van der Waals surface area contributed by atoms with Crippen LogP contribution in [0.5, 0.6) is 0 Å². The van der Waals surface area contributed by atoms with Gasteiger partial charge in [0.1, 0.15) is 0 Å². The minimum absolute atomic E-state index is 0.0602. The first kappa shape index (κ1) is 11.1. The Morgan fingerprint density at radius 2 is 2.33 bits per heavy atom. The number of carbonyl (C=O) groups excluding carboxylic acids is 1. The lowest BCUT2D eigenvalue weighted by atomic mass is 9.83. The number of thiophene rings is 1. The van der Waals surface area contributed by atoms with Gasteiger partial charge in [0.2, 0.25) is 0 Å². The van der Waals surface area contributed by atoms with Crippen molar-refractivity contribution in [3.8, 4) is 0 Å². The summed E-state index contributed by atoms with van der Waals surface area (Å²) in [5.41, 5.74) is 0. The Balaban J connectivity index is 1.72. The third kappa shape index (κ3) is 3.05. The predicted molar refractivity (Wildman–Crippen MR) is 66.3 cm³/mol. The molecule has 1 saturated carbocycles. The second-order valence-corrected chi connectivity index (χ2v) is 6.41. The summed E-state index contributed by atoms with van der Waals surface area (Å²) in [6, 6.07) is 3.76. The average Bonchev–Trinajstić information content (AvgIpc) is 2.56. The van der Waals surface area contributed by atoms with Gasteiger partial charge in [0.05, 0.1) is 8.66 Å². The molecule has 1 aromatic heterocycles. The van der Waals surface area contributed by atoms with E-state index < -0.39 is 0 Å². The standard InChI is InChI=1S/C11H14BrNOS/c12-10-5-4-9(15-10)11(14)13-7-6-8-2-1-3-8/h4-5,8H,1-3,6-7H2,(H,13,14). The van der Waals surface area contributed by atoms with Gasteiger partial charge in [0, 0.05) is 6.54 Å². The molecule has 0 spiro atoms. The SMILES string of the molecule is O=C(NCCC1CCC1)c1ccc(Br)s1. The van der Waals surface area contributed by atoms with Crippen molar-refractivity contribution in [2.45, 2.75) is 25.7 Å². The van der Waals surface area contributed by atoms with Crippen molar-refractivity contribution < 1.29 is 4.79 Å². The molecule has 1 heterocycles. The topological polar surface area (TPSA) is 29.1 Å². The molecule has 1 aromatic rings. The molecule has 82 valence electrons. The quantitative estimate of drug-likeness (QED) is 0.903. The summed E-state index contributed by atoms with van der Waals surface area (Å²) in [4.78, 5) is 12.4. The molecule has 0 bridgehead atoms. The predicted octanol–water partition coefficient (Wildman–Crippen LogP) is 3.43. The van der Waals surface area contributed by atoms with E-state index in [1.807, 2.05) is 12.1 Å². The maximum Gasteiger partial charge on any atom is 0.261 e. The maximum atomic E-state index is 11.6. The normalized spacial score (nSPS) is 16.1. The largest absolute Gasteiger partial charge is 0.351 e. The number of halogens is 1. The molecule has 0 radical (unpaired) electrons. The smallest absolute Gasteiger partial charge is 0.261 e. The first-order chi connectivity index (χ1) is 7.25. The monoisotopic (exact) mass is 287 g/mol. The van der Waals surface area contributed by atoms with E-state index in [9.17, 15) is 4.79 Å². The van der Waals surface area contributed by atoms with Crippen molar-refractivity contribution in [3.63, 3.8) is 0 Å². The van der Waals surface area contributed by atoms with Crippen LogP contribution in [0.25, 0.3) is 0 Å². The van der Waals surface area contributed by atoms with Crippen LogP contribution in [0.2, 0.25) is 0 Å². The second kappa shape index (κ2) is 5.12. The van der Waals surface area contributed by atoms with E-state index in [4.69, 9.17) is 0 Å². The number of nitrogens with one attached hydrogen (secondary N) is 1. The molecule has 4 heteroatoms. The van der Waals surface area contributed by atoms with E-state index in [0.29, 0.717) is 0 Å². The summed E-state index contributed by atoms with van der Waals surface area (Å²) in [6.45, 7) is 0.818. The lowest BCUT2D eigenvalue weighted by Crippen LogP contribution is -2.26. The number of carbonyl (C=O) groups is 1. The molecule has 0 unspecified atom stereocenters. The van der Waals surface area contributed by atoms with Crippen molar-refractivity contribution in [2.75, 3.05) is 6.54 Å². The molecule has 0 atom stereocenters. The van der Waals surface area contributed by atoms with E-state index in [0.717, 1.165) is 27.5 Å². The summed E-state index contributed by atoms with van der Waals surface area (Å²) in [6.07, 6.45) is 5.20. The Morgan fingerprint density at radius 3 is 2.87 bits per heavy atom. The van der Waals surface area contributed by atoms with Crippen LogP contribution in [0.15, 0.2) is 15.9 Å². The van der Waals surface area contributed by atoms with Crippen molar-refractivity contribution in [2.24, 2.45) is 5.92 Å². The van der Waals surface area contributed by atoms with Crippen LogP contribution in [0.4, 0.5) is 0 Å². The fourth-order valence-electron chi connectivity index (χ4n) is 1.69. The lowest BCUT2D eigenvalue weighted by Gasteiger charge is -2.24. The Labute approximate surface area is 102 Å². The highest BCUT2D eigenvalue weighted by Crippen LogP contribution is 2.28. The van der Waals surface area contributed by atoms with Crippen LogP contribution in [0.3, 0.4) is 0 Å². The van der Waals surface area contributed by atoms with Crippen LogP contribution in [0.1, 0.15) is 35.4 Å². The summed E-state index contributed by atoms with van der Waals surface area (Å²) in [5, 5.41) is 2.96. The van der Waals surface area contributed by atoms with Gasteiger partial charge in [0.25, 0.3) is 5.91 Å². The lowest BCUT2D eigenvalue weighted by molar-refractivity contribution is 0.0953. The molecular weight excluding hydrogens is 274 g/mol. The summed E-state index contributed by atoms with van der Waals surface area (Å²) >= 11 is 4.83. The molecule has 1 aliphatic rings. The van der Waals surface area contributed by atoms with Crippen molar-refractivity contribution in [1.82, 2.24) is 5.32 Å². The molecule has 0 aromatic carbocycles. The molecule has 1 aliphatic carbocycles. The van der Waals surface area contributed by atoms with Gasteiger partial charge in [-0.2, -0.15) is 0 Å². The van der Waals surface area contributed by atoms with E-state index in [-0.39, 0.29) is 5.91 Å². The van der Waals surface area contributed by atoms with Gasteiger partial charge in [-0.15, -0.1) is 11.3 Å². The van der Waals surface area contributed by atoms with Gasteiger partial charge >= 0.3 is 0 Å². The van der Waals surface area contributed by atoms with E-state index in [2.05, 4.69) is 21.2 Å². The van der Waals surface area contributed by atoms with Crippen molar-refractivity contribution in [1.29, 1.82) is 0 Å². The van der Waals surface area contributed by atoms with E-state index in [1.165, 1.54) is 30.6 Å². The fraction of sp³-hybridized carbons (Fsp3) is 0.545. The van der Waals surface area contributed by atoms with Gasteiger partial charge in [-0.3, -0.25) is 4.79 Å². The third-order valence-corrected chi connectivity index (χ3v) is 4.48. The highest BCUT2D eigenvalue weighted by molar-refractivity contribution is 9.11. The number of hydrogen-bond donors (Lipinski definition) is 1. The highest BCUT2D eigenvalue weighted by atomic mass is 79.9.